The predicted octanol–water partition coefficient (Wildman–Crippen LogP) is 3.30. The van der Waals surface area contributed by atoms with Crippen molar-refractivity contribution in [2.45, 2.75) is 26.8 Å². The van der Waals surface area contributed by atoms with Crippen LogP contribution in [0, 0.1) is 13.8 Å². The third-order valence-electron chi connectivity index (χ3n) is 4.08. The summed E-state index contributed by atoms with van der Waals surface area (Å²) in [6.45, 7) is 5.39. The Kier molecular flexibility index (Phi) is 4.97. The molecule has 0 fully saturated rings. The fourth-order valence-electron chi connectivity index (χ4n) is 2.52. The molecule has 0 unspecified atom stereocenters. The molecule has 0 saturated heterocycles. The smallest absolute Gasteiger partial charge is 0.337 e. The van der Waals surface area contributed by atoms with E-state index in [4.69, 9.17) is 4.74 Å². The molecule has 0 radical (unpaired) electrons. The normalized spacial score (nSPS) is 10.8. The van der Waals surface area contributed by atoms with E-state index in [0.717, 1.165) is 23.2 Å². The van der Waals surface area contributed by atoms with E-state index in [1.165, 1.54) is 18.2 Å². The quantitative estimate of drug-likeness (QED) is 0.509. The topological polar surface area (TPSA) is 66.2 Å². The van der Waals surface area contributed by atoms with Crippen LogP contribution in [-0.2, 0) is 11.3 Å². The zero-order valence-electron chi connectivity index (χ0n) is 14.7. The highest BCUT2D eigenvalue weighted by atomic mass is 16.5. The van der Waals surface area contributed by atoms with Gasteiger partial charge in [0.15, 0.2) is 0 Å². The number of hydrogen-bond acceptors (Lipinski definition) is 5. The number of ether oxygens (including phenoxy) is 2. The largest absolute Gasteiger partial charge is 0.494 e. The Bertz CT molecular complexity index is 846. The highest BCUT2D eigenvalue weighted by Gasteiger charge is 2.06. The van der Waals surface area contributed by atoms with Crippen molar-refractivity contribution in [3.8, 4) is 5.75 Å². The Hall–Kier alpha value is -2.89. The number of carbonyl (C=O) groups excluding carboxylic acids is 1. The monoisotopic (exact) mass is 339 g/mol. The Morgan fingerprint density at radius 3 is 2.20 bits per heavy atom. The highest BCUT2D eigenvalue weighted by molar-refractivity contribution is 5.89. The summed E-state index contributed by atoms with van der Waals surface area (Å²) in [5.41, 5.74) is 4.79. The lowest BCUT2D eigenvalue weighted by Gasteiger charge is -2.06. The maximum absolute atomic E-state index is 11.4. The molecule has 0 aliphatic heterocycles. The number of aromatic nitrogens is 3. The summed E-state index contributed by atoms with van der Waals surface area (Å²) in [5.74, 6) is 0.367. The molecule has 0 aliphatic carbocycles. The number of benzene rings is 2. The van der Waals surface area contributed by atoms with E-state index in [0.29, 0.717) is 18.7 Å². The molecule has 0 saturated carbocycles. The summed E-state index contributed by atoms with van der Waals surface area (Å²) >= 11 is 0. The molecule has 2 aromatic carbocycles. The van der Waals surface area contributed by atoms with Crippen molar-refractivity contribution >= 4 is 17.0 Å². The van der Waals surface area contributed by atoms with Crippen LogP contribution in [0.25, 0.3) is 11.0 Å². The van der Waals surface area contributed by atoms with Gasteiger partial charge in [0, 0.05) is 6.42 Å². The number of rotatable bonds is 6. The van der Waals surface area contributed by atoms with Gasteiger partial charge in [0.05, 0.1) is 25.8 Å². The second-order valence-corrected chi connectivity index (χ2v) is 5.94. The molecular formula is C19H21N3O3. The minimum absolute atomic E-state index is 0.353. The van der Waals surface area contributed by atoms with Crippen LogP contribution < -0.4 is 4.74 Å². The number of aryl methyl sites for hydroxylation is 3. The van der Waals surface area contributed by atoms with Crippen molar-refractivity contribution in [1.29, 1.82) is 0 Å². The zero-order chi connectivity index (χ0) is 17.8. The number of fused-ring (bicyclic) bond motifs is 1. The summed E-state index contributed by atoms with van der Waals surface area (Å²) in [4.78, 5) is 13.1. The number of methoxy groups -OCH3 is 1. The molecule has 3 aromatic rings. The van der Waals surface area contributed by atoms with E-state index in [2.05, 4.69) is 40.9 Å². The molecule has 6 nitrogen and oxygen atoms in total. The van der Waals surface area contributed by atoms with Crippen LogP contribution in [0.3, 0.4) is 0 Å². The average Bonchev–Trinajstić information content (AvgIpc) is 3.00. The SMILES string of the molecule is COC(=O)c1ccc(OCCCn2nc3cc(C)c(C)cc3n2)cc1. The van der Waals surface area contributed by atoms with Gasteiger partial charge in [-0.3, -0.25) is 0 Å². The third-order valence-corrected chi connectivity index (χ3v) is 4.08. The Morgan fingerprint density at radius 2 is 1.64 bits per heavy atom. The fourth-order valence-corrected chi connectivity index (χ4v) is 2.52. The van der Waals surface area contributed by atoms with Crippen molar-refractivity contribution in [3.63, 3.8) is 0 Å². The van der Waals surface area contributed by atoms with E-state index < -0.39 is 0 Å². The van der Waals surface area contributed by atoms with Crippen LogP contribution >= 0.6 is 0 Å². The molecule has 0 amide bonds. The zero-order valence-corrected chi connectivity index (χ0v) is 14.7. The maximum atomic E-state index is 11.4. The Balaban J connectivity index is 1.52. The third kappa shape index (κ3) is 3.96. The summed E-state index contributed by atoms with van der Waals surface area (Å²) in [6.07, 6.45) is 0.789. The van der Waals surface area contributed by atoms with Crippen LogP contribution in [0.1, 0.15) is 27.9 Å². The lowest BCUT2D eigenvalue weighted by atomic mass is 10.1. The van der Waals surface area contributed by atoms with Gasteiger partial charge < -0.3 is 9.47 Å². The van der Waals surface area contributed by atoms with Crippen LogP contribution in [0.15, 0.2) is 36.4 Å². The molecule has 1 heterocycles. The van der Waals surface area contributed by atoms with Crippen molar-refractivity contribution in [3.05, 3.63) is 53.1 Å². The summed E-state index contributed by atoms with van der Waals surface area (Å²) in [7, 11) is 1.36. The van der Waals surface area contributed by atoms with Crippen molar-refractivity contribution < 1.29 is 14.3 Å². The van der Waals surface area contributed by atoms with Crippen LogP contribution in [-0.4, -0.2) is 34.7 Å². The first-order valence-electron chi connectivity index (χ1n) is 8.20. The number of hydrogen-bond donors (Lipinski definition) is 0. The molecular weight excluding hydrogens is 318 g/mol. The maximum Gasteiger partial charge on any atom is 0.337 e. The highest BCUT2D eigenvalue weighted by Crippen LogP contribution is 2.16. The van der Waals surface area contributed by atoms with E-state index >= 15 is 0 Å². The van der Waals surface area contributed by atoms with E-state index in [9.17, 15) is 4.79 Å². The standard InChI is InChI=1S/C19H21N3O3/c1-13-11-17-18(12-14(13)2)21-22(20-17)9-4-10-25-16-7-5-15(6-8-16)19(23)24-3/h5-8,11-12H,4,9-10H2,1-3H3. The second kappa shape index (κ2) is 7.34. The Labute approximate surface area is 146 Å². The van der Waals surface area contributed by atoms with Gasteiger partial charge in [0.25, 0.3) is 0 Å². The van der Waals surface area contributed by atoms with Gasteiger partial charge in [0.2, 0.25) is 0 Å². The van der Waals surface area contributed by atoms with Gasteiger partial charge in [-0.1, -0.05) is 0 Å². The van der Waals surface area contributed by atoms with Crippen molar-refractivity contribution in [2.75, 3.05) is 13.7 Å². The minimum atomic E-state index is -0.353. The minimum Gasteiger partial charge on any atom is -0.494 e. The van der Waals surface area contributed by atoms with E-state index in [1.807, 2.05) is 0 Å². The summed E-state index contributed by atoms with van der Waals surface area (Å²) in [5, 5.41) is 9.00. The number of esters is 1. The average molecular weight is 339 g/mol. The summed E-state index contributed by atoms with van der Waals surface area (Å²) in [6, 6.07) is 11.0. The molecule has 0 bridgehead atoms. The molecule has 0 spiro atoms. The van der Waals surface area contributed by atoms with Crippen LogP contribution in [0.2, 0.25) is 0 Å². The first-order valence-corrected chi connectivity index (χ1v) is 8.20. The lowest BCUT2D eigenvalue weighted by Crippen LogP contribution is -2.07. The van der Waals surface area contributed by atoms with Crippen LogP contribution in [0.4, 0.5) is 0 Å². The molecule has 3 rings (SSSR count). The van der Waals surface area contributed by atoms with Gasteiger partial charge in [-0.2, -0.15) is 15.0 Å². The van der Waals surface area contributed by atoms with Crippen molar-refractivity contribution in [1.82, 2.24) is 15.0 Å². The second-order valence-electron chi connectivity index (χ2n) is 5.94. The molecule has 0 N–H and O–H groups in total. The van der Waals surface area contributed by atoms with Gasteiger partial charge >= 0.3 is 5.97 Å². The Morgan fingerprint density at radius 1 is 1.04 bits per heavy atom. The van der Waals surface area contributed by atoms with Gasteiger partial charge in [0.1, 0.15) is 16.8 Å². The lowest BCUT2D eigenvalue weighted by molar-refractivity contribution is 0.0600. The number of carbonyl (C=O) groups is 1. The molecule has 0 atom stereocenters. The van der Waals surface area contributed by atoms with Gasteiger partial charge in [-0.05, 0) is 61.4 Å². The molecule has 130 valence electrons. The van der Waals surface area contributed by atoms with E-state index in [-0.39, 0.29) is 5.97 Å². The van der Waals surface area contributed by atoms with Crippen LogP contribution in [0.5, 0.6) is 5.75 Å². The fraction of sp³-hybridized carbons (Fsp3) is 0.316. The molecule has 0 aliphatic rings. The molecule has 25 heavy (non-hydrogen) atoms. The molecule has 6 heteroatoms. The first-order chi connectivity index (χ1) is 12.1. The van der Waals surface area contributed by atoms with Gasteiger partial charge in [-0.15, -0.1) is 0 Å². The molecule has 1 aromatic heterocycles. The first kappa shape index (κ1) is 17.0. The number of nitrogens with zero attached hydrogens (tertiary/aromatic N) is 3. The van der Waals surface area contributed by atoms with Crippen molar-refractivity contribution in [2.24, 2.45) is 0 Å². The predicted molar refractivity (Wildman–Crippen MR) is 94.9 cm³/mol. The van der Waals surface area contributed by atoms with E-state index in [1.54, 1.807) is 29.1 Å². The summed E-state index contributed by atoms with van der Waals surface area (Å²) < 4.78 is 10.4. The van der Waals surface area contributed by atoms with Gasteiger partial charge in [-0.25, -0.2) is 4.79 Å².